The number of hydrogen-bond acceptors (Lipinski definition) is 8. The molecule has 0 rings (SSSR count). The van der Waals surface area contributed by atoms with Gasteiger partial charge in [-0.05, 0) is 18.4 Å². The standard InChI is InChI=1S/C14H25N5O6S2/c1-27-3-2-7(15)12(22)19-8(4-10(16)20)13(23)17-5-11(21)18-9(6-26)14(24)25/h7-9,26H,2-6,15H2,1H3,(H2,16,20)(H,17,23)(H,18,21)(H,19,22)(H,24,25). The van der Waals surface area contributed by atoms with Crippen molar-refractivity contribution in [1.82, 2.24) is 16.0 Å². The van der Waals surface area contributed by atoms with Crippen molar-refractivity contribution in [3.8, 4) is 0 Å². The number of thiol groups is 1. The van der Waals surface area contributed by atoms with Crippen LogP contribution in [0.3, 0.4) is 0 Å². The molecule has 11 nitrogen and oxygen atoms in total. The maximum absolute atomic E-state index is 12.2. The molecule has 0 fully saturated rings. The summed E-state index contributed by atoms with van der Waals surface area (Å²) in [6.45, 7) is -0.556. The predicted molar refractivity (Wildman–Crippen MR) is 103 cm³/mol. The number of nitrogens with two attached hydrogens (primary N) is 2. The van der Waals surface area contributed by atoms with E-state index in [0.717, 1.165) is 0 Å². The highest BCUT2D eigenvalue weighted by molar-refractivity contribution is 7.98. The average Bonchev–Trinajstić information content (AvgIpc) is 2.60. The van der Waals surface area contributed by atoms with Gasteiger partial charge in [0.25, 0.3) is 0 Å². The average molecular weight is 424 g/mol. The second-order valence-corrected chi connectivity index (χ2v) is 6.83. The highest BCUT2D eigenvalue weighted by atomic mass is 32.2. The van der Waals surface area contributed by atoms with Gasteiger partial charge in [0.2, 0.25) is 23.6 Å². The Morgan fingerprint density at radius 2 is 1.74 bits per heavy atom. The Balaban J connectivity index is 4.73. The van der Waals surface area contributed by atoms with E-state index in [2.05, 4.69) is 28.6 Å². The molecule has 3 atom stereocenters. The first-order valence-corrected chi connectivity index (χ1v) is 9.88. The highest BCUT2D eigenvalue weighted by Crippen LogP contribution is 2.00. The van der Waals surface area contributed by atoms with E-state index in [1.165, 1.54) is 11.8 Å². The maximum atomic E-state index is 12.2. The van der Waals surface area contributed by atoms with Gasteiger partial charge in [0.15, 0.2) is 0 Å². The fourth-order valence-electron chi connectivity index (χ4n) is 1.79. The molecule has 0 bridgehead atoms. The van der Waals surface area contributed by atoms with Crippen LogP contribution in [0.4, 0.5) is 0 Å². The Bertz CT molecular complexity index is 562. The molecule has 0 saturated heterocycles. The smallest absolute Gasteiger partial charge is 0.327 e. The zero-order valence-electron chi connectivity index (χ0n) is 14.8. The fourth-order valence-corrected chi connectivity index (χ4v) is 2.52. The molecule has 0 heterocycles. The van der Waals surface area contributed by atoms with Crippen LogP contribution in [0.5, 0.6) is 0 Å². The van der Waals surface area contributed by atoms with Crippen LogP contribution in [-0.2, 0) is 24.0 Å². The first kappa shape index (κ1) is 25.0. The van der Waals surface area contributed by atoms with Crippen molar-refractivity contribution < 1.29 is 29.1 Å². The second kappa shape index (κ2) is 13.2. The van der Waals surface area contributed by atoms with Crippen molar-refractivity contribution in [2.75, 3.05) is 24.3 Å². The van der Waals surface area contributed by atoms with Crippen LogP contribution >= 0.6 is 24.4 Å². The monoisotopic (exact) mass is 423 g/mol. The number of aliphatic carboxylic acids is 1. The molecule has 0 aromatic heterocycles. The number of rotatable bonds is 13. The van der Waals surface area contributed by atoms with Crippen LogP contribution in [0, 0.1) is 0 Å². The normalized spacial score (nSPS) is 13.7. The topological polar surface area (TPSA) is 194 Å². The Morgan fingerprint density at radius 3 is 2.22 bits per heavy atom. The zero-order chi connectivity index (χ0) is 21.0. The number of hydrogen-bond donors (Lipinski definition) is 7. The summed E-state index contributed by atoms with van der Waals surface area (Å²) in [5, 5.41) is 15.5. The summed E-state index contributed by atoms with van der Waals surface area (Å²) in [6, 6.07) is -3.38. The molecule has 13 heteroatoms. The Kier molecular flexibility index (Phi) is 12.2. The third-order valence-electron chi connectivity index (χ3n) is 3.25. The Hall–Kier alpha value is -1.99. The Labute approximate surface area is 166 Å². The van der Waals surface area contributed by atoms with E-state index in [1.54, 1.807) is 0 Å². The quantitative estimate of drug-likeness (QED) is 0.153. The van der Waals surface area contributed by atoms with Crippen molar-refractivity contribution in [3.63, 3.8) is 0 Å². The second-order valence-electron chi connectivity index (χ2n) is 5.48. The van der Waals surface area contributed by atoms with Crippen LogP contribution in [0.2, 0.25) is 0 Å². The fraction of sp³-hybridized carbons (Fsp3) is 0.643. The molecule has 0 aliphatic heterocycles. The van der Waals surface area contributed by atoms with Gasteiger partial charge in [-0.25, -0.2) is 4.79 Å². The van der Waals surface area contributed by atoms with Crippen LogP contribution in [-0.4, -0.2) is 77.1 Å². The van der Waals surface area contributed by atoms with E-state index in [1.807, 2.05) is 6.26 Å². The number of carbonyl (C=O) groups excluding carboxylic acids is 4. The largest absolute Gasteiger partial charge is 0.480 e. The summed E-state index contributed by atoms with van der Waals surface area (Å²) in [7, 11) is 0. The van der Waals surface area contributed by atoms with Crippen LogP contribution in [0.1, 0.15) is 12.8 Å². The van der Waals surface area contributed by atoms with Gasteiger partial charge < -0.3 is 32.5 Å². The molecule has 0 aromatic rings. The minimum Gasteiger partial charge on any atom is -0.480 e. The van der Waals surface area contributed by atoms with Gasteiger partial charge in [-0.2, -0.15) is 24.4 Å². The van der Waals surface area contributed by atoms with E-state index >= 15 is 0 Å². The predicted octanol–water partition coefficient (Wildman–Crippen LogP) is -2.96. The first-order valence-electron chi connectivity index (χ1n) is 7.86. The van der Waals surface area contributed by atoms with Gasteiger partial charge in [-0.1, -0.05) is 0 Å². The summed E-state index contributed by atoms with van der Waals surface area (Å²) in [6.07, 6.45) is 1.74. The van der Waals surface area contributed by atoms with E-state index < -0.39 is 60.7 Å². The number of amides is 4. The lowest BCUT2D eigenvalue weighted by molar-refractivity contribution is -0.141. The molecule has 27 heavy (non-hydrogen) atoms. The van der Waals surface area contributed by atoms with Gasteiger partial charge >= 0.3 is 5.97 Å². The number of nitrogens with one attached hydrogen (secondary N) is 3. The maximum Gasteiger partial charge on any atom is 0.327 e. The molecule has 154 valence electrons. The van der Waals surface area contributed by atoms with Gasteiger partial charge in [0.1, 0.15) is 12.1 Å². The van der Waals surface area contributed by atoms with Crippen molar-refractivity contribution in [1.29, 1.82) is 0 Å². The van der Waals surface area contributed by atoms with Gasteiger partial charge in [-0.3, -0.25) is 19.2 Å². The van der Waals surface area contributed by atoms with Gasteiger partial charge in [0.05, 0.1) is 19.0 Å². The molecule has 0 aliphatic rings. The number of carboxylic acids is 1. The third kappa shape index (κ3) is 10.7. The minimum atomic E-state index is -1.30. The summed E-state index contributed by atoms with van der Waals surface area (Å²) in [4.78, 5) is 57.8. The Morgan fingerprint density at radius 1 is 1.11 bits per heavy atom. The van der Waals surface area contributed by atoms with Crippen LogP contribution < -0.4 is 27.4 Å². The van der Waals surface area contributed by atoms with Gasteiger partial charge in [-0.15, -0.1) is 0 Å². The number of carboxylic acid groups (broad SMARTS) is 1. The molecule has 3 unspecified atom stereocenters. The van der Waals surface area contributed by atoms with Crippen molar-refractivity contribution in [3.05, 3.63) is 0 Å². The summed E-state index contributed by atoms with van der Waals surface area (Å²) < 4.78 is 0. The van der Waals surface area contributed by atoms with Crippen molar-refractivity contribution in [2.24, 2.45) is 11.5 Å². The number of carbonyl (C=O) groups is 5. The van der Waals surface area contributed by atoms with Crippen molar-refractivity contribution in [2.45, 2.75) is 31.0 Å². The summed E-state index contributed by atoms with van der Waals surface area (Å²) >= 11 is 5.29. The number of primary amides is 1. The molecule has 0 saturated carbocycles. The van der Waals surface area contributed by atoms with Gasteiger partial charge in [0, 0.05) is 5.75 Å². The molecule has 0 radical (unpaired) electrons. The molecule has 4 amide bonds. The lowest BCUT2D eigenvalue weighted by Crippen LogP contribution is -2.54. The van der Waals surface area contributed by atoms with Crippen molar-refractivity contribution >= 4 is 54.0 Å². The van der Waals surface area contributed by atoms with E-state index in [4.69, 9.17) is 16.6 Å². The minimum absolute atomic E-state index is 0.136. The van der Waals surface area contributed by atoms with Crippen LogP contribution in [0.25, 0.3) is 0 Å². The first-order chi connectivity index (χ1) is 12.6. The summed E-state index contributed by atoms with van der Waals surface area (Å²) in [5.41, 5.74) is 10.8. The van der Waals surface area contributed by atoms with E-state index in [-0.39, 0.29) is 5.75 Å². The number of thioether (sulfide) groups is 1. The molecule has 8 N–H and O–H groups in total. The molecule has 0 aliphatic carbocycles. The zero-order valence-corrected chi connectivity index (χ0v) is 16.5. The molecular weight excluding hydrogens is 398 g/mol. The lowest BCUT2D eigenvalue weighted by atomic mass is 10.1. The van der Waals surface area contributed by atoms with E-state index in [9.17, 15) is 24.0 Å². The SMILES string of the molecule is CSCCC(N)C(=O)NC(CC(N)=O)C(=O)NCC(=O)NC(CS)C(=O)O. The van der Waals surface area contributed by atoms with Crippen LogP contribution in [0.15, 0.2) is 0 Å². The van der Waals surface area contributed by atoms with E-state index in [0.29, 0.717) is 12.2 Å². The highest BCUT2D eigenvalue weighted by Gasteiger charge is 2.26. The summed E-state index contributed by atoms with van der Waals surface area (Å²) in [5.74, 6) is -3.84. The lowest BCUT2D eigenvalue weighted by Gasteiger charge is -2.20. The molecule has 0 aromatic carbocycles. The third-order valence-corrected chi connectivity index (χ3v) is 4.26. The molecular formula is C14H25N5O6S2. The molecule has 0 spiro atoms.